The van der Waals surface area contributed by atoms with Gasteiger partial charge in [0.25, 0.3) is 5.56 Å². The zero-order valence-electron chi connectivity index (χ0n) is 12.9. The van der Waals surface area contributed by atoms with Crippen LogP contribution in [0.25, 0.3) is 16.7 Å². The average molecular weight is 340 g/mol. The number of nitrogens with zero attached hydrogens (tertiary/aromatic N) is 2. The van der Waals surface area contributed by atoms with Gasteiger partial charge in [0.15, 0.2) is 5.69 Å². The number of fused-ring (bicyclic) bond motifs is 1. The average Bonchev–Trinajstić information content (AvgIpc) is 2.53. The van der Waals surface area contributed by atoms with Gasteiger partial charge in [0.1, 0.15) is 0 Å². The number of alkyl halides is 3. The molecule has 5 nitrogen and oxygen atoms in total. The minimum Gasteiger partial charge on any atom is -0.543 e. The van der Waals surface area contributed by atoms with Crippen LogP contribution in [0.15, 0.2) is 53.3 Å². The smallest absolute Gasteiger partial charge is 0.543 e. The first kappa shape index (κ1) is 18.8. The third kappa shape index (κ3) is 3.45. The van der Waals surface area contributed by atoms with Crippen LogP contribution in [0.3, 0.4) is 0 Å². The van der Waals surface area contributed by atoms with E-state index >= 15 is 0 Å². The summed E-state index contributed by atoms with van der Waals surface area (Å²) in [5.74, 6) is -1.80. The molecule has 3 aromatic rings. The van der Waals surface area contributed by atoms with Gasteiger partial charge in [0, 0.05) is 5.69 Å². The summed E-state index contributed by atoms with van der Waals surface area (Å²) < 4.78 is 39.6. The SMILES string of the molecule is O=C([O-])c1nc2ccccc2n(-c2cccc(C(F)(F)F)c2)c1=O.[Li+]. The Labute approximate surface area is 150 Å². The van der Waals surface area contributed by atoms with Gasteiger partial charge in [-0.2, -0.15) is 13.2 Å². The summed E-state index contributed by atoms with van der Waals surface area (Å²) in [5, 5.41) is 11.1. The van der Waals surface area contributed by atoms with E-state index in [0.29, 0.717) is 0 Å². The van der Waals surface area contributed by atoms with Crippen molar-refractivity contribution in [3.8, 4) is 5.69 Å². The molecule has 0 amide bonds. The van der Waals surface area contributed by atoms with E-state index in [0.717, 1.165) is 22.8 Å². The molecule has 0 saturated carbocycles. The number of carbonyl (C=O) groups excluding carboxylic acids is 1. The van der Waals surface area contributed by atoms with E-state index < -0.39 is 29.0 Å². The number of carbonyl (C=O) groups is 1. The maximum atomic E-state index is 12.9. The van der Waals surface area contributed by atoms with Gasteiger partial charge in [-0.1, -0.05) is 18.2 Å². The number of aromatic carboxylic acids is 1. The maximum absolute atomic E-state index is 12.9. The van der Waals surface area contributed by atoms with E-state index in [1.54, 1.807) is 12.1 Å². The van der Waals surface area contributed by atoms with Gasteiger partial charge in [-0.15, -0.1) is 0 Å². The number of carboxylic acids is 1. The zero-order valence-corrected chi connectivity index (χ0v) is 12.9. The largest absolute Gasteiger partial charge is 1.00 e. The van der Waals surface area contributed by atoms with Crippen LogP contribution in [0.2, 0.25) is 0 Å². The number of carboxylic acid groups (broad SMARTS) is 1. The van der Waals surface area contributed by atoms with Gasteiger partial charge in [-0.3, -0.25) is 9.36 Å². The molecule has 2 aromatic carbocycles. The van der Waals surface area contributed by atoms with E-state index in [9.17, 15) is 27.9 Å². The van der Waals surface area contributed by atoms with Crippen LogP contribution in [-0.2, 0) is 6.18 Å². The normalized spacial score (nSPS) is 11.2. The van der Waals surface area contributed by atoms with Gasteiger partial charge < -0.3 is 9.90 Å². The monoisotopic (exact) mass is 340 g/mol. The predicted octanol–water partition coefficient (Wildman–Crippen LogP) is -1.23. The van der Waals surface area contributed by atoms with Crippen LogP contribution in [0, 0.1) is 0 Å². The summed E-state index contributed by atoms with van der Waals surface area (Å²) in [4.78, 5) is 27.2. The van der Waals surface area contributed by atoms with Gasteiger partial charge in [0.2, 0.25) is 0 Å². The molecule has 0 saturated heterocycles. The number of hydrogen-bond acceptors (Lipinski definition) is 4. The molecule has 0 radical (unpaired) electrons. The molecule has 0 spiro atoms. The summed E-state index contributed by atoms with van der Waals surface area (Å²) in [7, 11) is 0. The van der Waals surface area contributed by atoms with Crippen LogP contribution in [0.1, 0.15) is 16.1 Å². The molecular formula is C16H8F3LiN2O3. The fraction of sp³-hybridized carbons (Fsp3) is 0.0625. The standard InChI is InChI=1S/C16H9F3N2O3.Li/c17-16(18,19)9-4-3-5-10(8-9)21-12-7-2-1-6-11(12)20-13(14(21)22)15(23)24;/h1-8H,(H,23,24);/q;+1/p-1. The zero-order chi connectivity index (χ0) is 17.5. The second kappa shape index (κ2) is 6.74. The number of hydrogen-bond donors (Lipinski definition) is 0. The number of halogens is 3. The molecular weight excluding hydrogens is 332 g/mol. The molecule has 122 valence electrons. The summed E-state index contributed by atoms with van der Waals surface area (Å²) in [6.07, 6.45) is -4.60. The van der Waals surface area contributed by atoms with E-state index in [2.05, 4.69) is 4.98 Å². The van der Waals surface area contributed by atoms with Gasteiger partial charge in [-0.25, -0.2) is 4.98 Å². The first-order valence-electron chi connectivity index (χ1n) is 6.70. The van der Waals surface area contributed by atoms with Crippen LogP contribution in [-0.4, -0.2) is 15.5 Å². The first-order chi connectivity index (χ1) is 11.3. The molecule has 0 aliphatic carbocycles. The van der Waals surface area contributed by atoms with Crippen molar-refractivity contribution in [2.24, 2.45) is 0 Å². The molecule has 0 fully saturated rings. The Hall–Kier alpha value is -2.56. The van der Waals surface area contributed by atoms with Crippen molar-refractivity contribution in [2.45, 2.75) is 6.18 Å². The molecule has 0 bridgehead atoms. The number of rotatable bonds is 2. The van der Waals surface area contributed by atoms with Gasteiger partial charge in [0.05, 0.1) is 22.6 Å². The van der Waals surface area contributed by atoms with Crippen molar-refractivity contribution < 1.29 is 41.9 Å². The Kier molecular flexibility index (Phi) is 5.06. The van der Waals surface area contributed by atoms with Crippen molar-refractivity contribution in [2.75, 3.05) is 0 Å². The third-order valence-electron chi connectivity index (χ3n) is 3.39. The molecule has 0 aliphatic heterocycles. The molecule has 0 aliphatic rings. The van der Waals surface area contributed by atoms with Crippen molar-refractivity contribution in [1.29, 1.82) is 0 Å². The van der Waals surface area contributed by atoms with Crippen LogP contribution < -0.4 is 29.5 Å². The maximum Gasteiger partial charge on any atom is 1.00 e. The summed E-state index contributed by atoms with van der Waals surface area (Å²) in [6.45, 7) is 0. The van der Waals surface area contributed by atoms with Crippen LogP contribution in [0.5, 0.6) is 0 Å². The number of aromatic nitrogens is 2. The predicted molar refractivity (Wildman–Crippen MR) is 76.7 cm³/mol. The minimum atomic E-state index is -4.60. The number of para-hydroxylation sites is 2. The van der Waals surface area contributed by atoms with E-state index in [4.69, 9.17) is 0 Å². The second-order valence-corrected chi connectivity index (χ2v) is 4.93. The Bertz CT molecular complexity index is 1020. The van der Waals surface area contributed by atoms with E-state index in [1.807, 2.05) is 0 Å². The van der Waals surface area contributed by atoms with E-state index in [1.165, 1.54) is 18.2 Å². The molecule has 1 heterocycles. The molecule has 3 rings (SSSR count). The molecule has 25 heavy (non-hydrogen) atoms. The quantitative estimate of drug-likeness (QED) is 0.548. The van der Waals surface area contributed by atoms with Gasteiger partial charge in [-0.05, 0) is 30.3 Å². The van der Waals surface area contributed by atoms with Crippen molar-refractivity contribution in [3.63, 3.8) is 0 Å². The topological polar surface area (TPSA) is 75.0 Å². The van der Waals surface area contributed by atoms with Crippen molar-refractivity contribution >= 4 is 17.0 Å². The van der Waals surface area contributed by atoms with Gasteiger partial charge >= 0.3 is 25.0 Å². The summed E-state index contributed by atoms with van der Waals surface area (Å²) >= 11 is 0. The van der Waals surface area contributed by atoms with E-state index in [-0.39, 0.29) is 35.6 Å². The molecule has 0 unspecified atom stereocenters. The Morgan fingerprint density at radius 2 is 1.76 bits per heavy atom. The first-order valence-corrected chi connectivity index (χ1v) is 6.70. The summed E-state index contributed by atoms with van der Waals surface area (Å²) in [5.41, 5.74) is -2.67. The molecule has 1 aromatic heterocycles. The van der Waals surface area contributed by atoms with Crippen LogP contribution >= 0.6 is 0 Å². The molecule has 9 heteroatoms. The van der Waals surface area contributed by atoms with Crippen molar-refractivity contribution in [3.05, 3.63) is 70.1 Å². The van der Waals surface area contributed by atoms with Crippen molar-refractivity contribution in [1.82, 2.24) is 9.55 Å². The fourth-order valence-corrected chi connectivity index (χ4v) is 2.34. The Morgan fingerprint density at radius 1 is 1.08 bits per heavy atom. The van der Waals surface area contributed by atoms with Crippen LogP contribution in [0.4, 0.5) is 13.2 Å². The third-order valence-corrected chi connectivity index (χ3v) is 3.39. The Balaban J connectivity index is 0.00000225. The Morgan fingerprint density at radius 3 is 2.40 bits per heavy atom. The summed E-state index contributed by atoms with van der Waals surface area (Å²) in [6, 6.07) is 10.1. The fourth-order valence-electron chi connectivity index (χ4n) is 2.34. The minimum absolute atomic E-state index is 0. The molecule has 0 N–H and O–H groups in total. The number of benzene rings is 2. The second-order valence-electron chi connectivity index (χ2n) is 4.93. The molecule has 0 atom stereocenters.